The molecule has 0 bridgehead atoms. The molecule has 0 saturated carbocycles. The van der Waals surface area contributed by atoms with E-state index in [4.69, 9.17) is 0 Å². The van der Waals surface area contributed by atoms with Crippen molar-refractivity contribution >= 4 is 15.9 Å². The van der Waals surface area contributed by atoms with Crippen molar-refractivity contribution < 1.29 is 8.78 Å². The minimum atomic E-state index is -0.364. The van der Waals surface area contributed by atoms with Crippen LogP contribution in [0.4, 0.5) is 8.78 Å². The number of hydrogen-bond acceptors (Lipinski definition) is 1. The fourth-order valence-electron chi connectivity index (χ4n) is 2.36. The fraction of sp³-hybridized carbons (Fsp3) is 0.294. The van der Waals surface area contributed by atoms with Crippen molar-refractivity contribution in [3.63, 3.8) is 0 Å². The van der Waals surface area contributed by atoms with Gasteiger partial charge in [-0.1, -0.05) is 28.9 Å². The average Bonchev–Trinajstić information content (AvgIpc) is 2.42. The molecule has 1 nitrogen and oxygen atoms in total. The SMILES string of the molecule is CCCNC(c1cc(C)cc(F)c1)c1cc(Br)ccc1F. The first-order valence-corrected chi connectivity index (χ1v) is 7.76. The van der Waals surface area contributed by atoms with Gasteiger partial charge in [0.15, 0.2) is 0 Å². The Bertz CT molecular complexity index is 608. The third kappa shape index (κ3) is 4.11. The number of aryl methyl sites for hydroxylation is 1. The number of nitrogens with one attached hydrogen (secondary N) is 1. The van der Waals surface area contributed by atoms with Crippen LogP contribution in [0.2, 0.25) is 0 Å². The van der Waals surface area contributed by atoms with Gasteiger partial charge in [-0.25, -0.2) is 8.78 Å². The highest BCUT2D eigenvalue weighted by Gasteiger charge is 2.18. The van der Waals surface area contributed by atoms with E-state index < -0.39 is 0 Å². The molecule has 0 heterocycles. The minimum absolute atomic E-state index is 0.297. The summed E-state index contributed by atoms with van der Waals surface area (Å²) in [6, 6.07) is 9.27. The highest BCUT2D eigenvalue weighted by atomic mass is 79.9. The Balaban J connectivity index is 2.49. The highest BCUT2D eigenvalue weighted by molar-refractivity contribution is 9.10. The molecule has 2 aromatic carbocycles. The number of halogens is 3. The maximum Gasteiger partial charge on any atom is 0.128 e. The van der Waals surface area contributed by atoms with E-state index in [-0.39, 0.29) is 17.7 Å². The fourth-order valence-corrected chi connectivity index (χ4v) is 2.74. The molecule has 4 heteroatoms. The monoisotopic (exact) mass is 353 g/mol. The number of hydrogen-bond donors (Lipinski definition) is 1. The maximum absolute atomic E-state index is 14.2. The standard InChI is InChI=1S/C17H18BrF2N/c1-3-6-21-17(12-7-11(2)8-14(19)9-12)15-10-13(18)4-5-16(15)20/h4-5,7-10,17,21H,3,6H2,1-2H3. The summed E-state index contributed by atoms with van der Waals surface area (Å²) in [5, 5.41) is 3.30. The Morgan fingerprint density at radius 3 is 2.57 bits per heavy atom. The normalized spacial score (nSPS) is 12.4. The van der Waals surface area contributed by atoms with Gasteiger partial charge in [0.1, 0.15) is 11.6 Å². The van der Waals surface area contributed by atoms with Crippen LogP contribution in [0, 0.1) is 18.6 Å². The first kappa shape index (κ1) is 16.1. The topological polar surface area (TPSA) is 12.0 Å². The van der Waals surface area contributed by atoms with Gasteiger partial charge in [0.2, 0.25) is 0 Å². The van der Waals surface area contributed by atoms with Crippen LogP contribution in [0.5, 0.6) is 0 Å². The Morgan fingerprint density at radius 1 is 1.14 bits per heavy atom. The lowest BCUT2D eigenvalue weighted by Crippen LogP contribution is -2.24. The van der Waals surface area contributed by atoms with E-state index in [1.165, 1.54) is 18.2 Å². The molecule has 0 aromatic heterocycles. The molecule has 21 heavy (non-hydrogen) atoms. The van der Waals surface area contributed by atoms with Crippen LogP contribution in [0.1, 0.15) is 36.1 Å². The van der Waals surface area contributed by atoms with Crippen LogP contribution in [0.25, 0.3) is 0 Å². The summed E-state index contributed by atoms with van der Waals surface area (Å²) < 4.78 is 28.7. The molecule has 0 radical (unpaired) electrons. The lowest BCUT2D eigenvalue weighted by Gasteiger charge is -2.21. The Labute approximate surface area is 132 Å². The van der Waals surface area contributed by atoms with E-state index in [0.717, 1.165) is 28.6 Å². The number of benzene rings is 2. The van der Waals surface area contributed by atoms with Gasteiger partial charge in [-0.05, 0) is 61.3 Å². The third-order valence-corrected chi connectivity index (χ3v) is 3.76. The van der Waals surface area contributed by atoms with Crippen molar-refractivity contribution in [1.82, 2.24) is 5.32 Å². The summed E-state index contributed by atoms with van der Waals surface area (Å²) in [7, 11) is 0. The number of rotatable bonds is 5. The molecule has 0 aliphatic heterocycles. The first-order valence-electron chi connectivity index (χ1n) is 6.96. The van der Waals surface area contributed by atoms with Gasteiger partial charge in [-0.2, -0.15) is 0 Å². The van der Waals surface area contributed by atoms with Crippen LogP contribution in [0.15, 0.2) is 40.9 Å². The van der Waals surface area contributed by atoms with E-state index in [9.17, 15) is 8.78 Å². The van der Waals surface area contributed by atoms with Crippen molar-refractivity contribution in [3.8, 4) is 0 Å². The molecular formula is C17H18BrF2N. The second kappa shape index (κ2) is 7.14. The van der Waals surface area contributed by atoms with Crippen molar-refractivity contribution in [2.75, 3.05) is 6.54 Å². The van der Waals surface area contributed by atoms with Crippen LogP contribution in [0.3, 0.4) is 0 Å². The van der Waals surface area contributed by atoms with E-state index in [1.807, 2.05) is 19.9 Å². The van der Waals surface area contributed by atoms with E-state index in [1.54, 1.807) is 12.1 Å². The van der Waals surface area contributed by atoms with Crippen molar-refractivity contribution in [2.24, 2.45) is 0 Å². The predicted octanol–water partition coefficient (Wildman–Crippen LogP) is 5.12. The van der Waals surface area contributed by atoms with Crippen LogP contribution in [-0.4, -0.2) is 6.54 Å². The minimum Gasteiger partial charge on any atom is -0.306 e. The van der Waals surface area contributed by atoms with Gasteiger partial charge >= 0.3 is 0 Å². The second-order valence-electron chi connectivity index (χ2n) is 5.11. The molecule has 2 rings (SSSR count). The molecule has 0 amide bonds. The summed E-state index contributed by atoms with van der Waals surface area (Å²) in [4.78, 5) is 0. The van der Waals surface area contributed by atoms with Gasteiger partial charge in [0, 0.05) is 10.0 Å². The first-order chi connectivity index (χ1) is 10.0. The predicted molar refractivity (Wildman–Crippen MR) is 85.4 cm³/mol. The molecule has 0 saturated heterocycles. The largest absolute Gasteiger partial charge is 0.306 e. The van der Waals surface area contributed by atoms with Gasteiger partial charge in [-0.3, -0.25) is 0 Å². The maximum atomic E-state index is 14.2. The Hall–Kier alpha value is -1.26. The van der Waals surface area contributed by atoms with Crippen molar-refractivity contribution in [2.45, 2.75) is 26.3 Å². The molecule has 0 spiro atoms. The highest BCUT2D eigenvalue weighted by Crippen LogP contribution is 2.28. The molecule has 2 aromatic rings. The van der Waals surface area contributed by atoms with E-state index in [0.29, 0.717) is 5.56 Å². The molecular weight excluding hydrogens is 336 g/mol. The smallest absolute Gasteiger partial charge is 0.128 e. The van der Waals surface area contributed by atoms with Gasteiger partial charge in [-0.15, -0.1) is 0 Å². The Kier molecular flexibility index (Phi) is 5.48. The second-order valence-corrected chi connectivity index (χ2v) is 6.03. The zero-order valence-corrected chi connectivity index (χ0v) is 13.7. The Morgan fingerprint density at radius 2 is 1.90 bits per heavy atom. The average molecular weight is 354 g/mol. The summed E-state index contributed by atoms with van der Waals surface area (Å²) in [6.45, 7) is 4.60. The van der Waals surface area contributed by atoms with Crippen LogP contribution < -0.4 is 5.32 Å². The molecule has 112 valence electrons. The van der Waals surface area contributed by atoms with E-state index in [2.05, 4.69) is 21.2 Å². The summed E-state index contributed by atoms with van der Waals surface area (Å²) in [6.07, 6.45) is 0.917. The molecule has 0 aliphatic carbocycles. The summed E-state index contributed by atoms with van der Waals surface area (Å²) >= 11 is 3.37. The molecule has 0 aliphatic rings. The molecule has 1 unspecified atom stereocenters. The zero-order chi connectivity index (χ0) is 15.4. The van der Waals surface area contributed by atoms with Crippen molar-refractivity contribution in [3.05, 3.63) is 69.2 Å². The quantitative estimate of drug-likeness (QED) is 0.785. The summed E-state index contributed by atoms with van der Waals surface area (Å²) in [5.41, 5.74) is 2.07. The molecule has 1 atom stereocenters. The third-order valence-electron chi connectivity index (χ3n) is 3.27. The summed E-state index contributed by atoms with van der Waals surface area (Å²) in [5.74, 6) is -0.600. The van der Waals surface area contributed by atoms with E-state index >= 15 is 0 Å². The van der Waals surface area contributed by atoms with Crippen LogP contribution >= 0.6 is 15.9 Å². The lowest BCUT2D eigenvalue weighted by atomic mass is 9.96. The van der Waals surface area contributed by atoms with Gasteiger partial charge < -0.3 is 5.32 Å². The van der Waals surface area contributed by atoms with Crippen molar-refractivity contribution in [1.29, 1.82) is 0 Å². The lowest BCUT2D eigenvalue weighted by molar-refractivity contribution is 0.542. The van der Waals surface area contributed by atoms with Crippen LogP contribution in [-0.2, 0) is 0 Å². The van der Waals surface area contributed by atoms with Gasteiger partial charge in [0.25, 0.3) is 0 Å². The molecule has 0 fully saturated rings. The molecule has 1 N–H and O–H groups in total. The van der Waals surface area contributed by atoms with Gasteiger partial charge in [0.05, 0.1) is 6.04 Å². The zero-order valence-electron chi connectivity index (χ0n) is 12.1.